The van der Waals surface area contributed by atoms with Gasteiger partial charge in [0.2, 0.25) is 5.91 Å². The van der Waals surface area contributed by atoms with Crippen molar-refractivity contribution in [1.29, 1.82) is 0 Å². The molecule has 0 spiro atoms. The number of ether oxygens (including phenoxy) is 1. The Kier molecular flexibility index (Phi) is 6.53. The molecule has 2 aromatic carbocycles. The number of piperazine rings is 1. The molecule has 0 aliphatic carbocycles. The van der Waals surface area contributed by atoms with Gasteiger partial charge in [0.1, 0.15) is 6.61 Å². The maximum atomic E-state index is 13.0. The van der Waals surface area contributed by atoms with E-state index in [1.807, 2.05) is 48.2 Å². The number of carbonyl (C=O) groups is 2. The number of anilines is 1. The van der Waals surface area contributed by atoms with Crippen LogP contribution in [-0.2, 0) is 22.6 Å². The van der Waals surface area contributed by atoms with Crippen LogP contribution in [0.5, 0.6) is 0 Å². The molecule has 7 heteroatoms. The van der Waals surface area contributed by atoms with Crippen molar-refractivity contribution in [1.82, 2.24) is 9.80 Å². The molecule has 2 aliphatic rings. The molecule has 2 aliphatic heterocycles. The third kappa shape index (κ3) is 4.89. The molecule has 2 heterocycles. The zero-order valence-corrected chi connectivity index (χ0v) is 18.0. The van der Waals surface area contributed by atoms with Gasteiger partial charge in [0.25, 0.3) is 0 Å². The van der Waals surface area contributed by atoms with Crippen LogP contribution < -0.4 is 11.1 Å². The van der Waals surface area contributed by atoms with Crippen LogP contribution in [0.15, 0.2) is 42.5 Å². The summed E-state index contributed by atoms with van der Waals surface area (Å²) in [6, 6.07) is 13.9. The summed E-state index contributed by atoms with van der Waals surface area (Å²) < 4.78 is 5.08. The summed E-state index contributed by atoms with van der Waals surface area (Å²) in [5, 5.41) is 3.06. The number of cyclic esters (lactones) is 1. The van der Waals surface area contributed by atoms with Crippen LogP contribution in [-0.4, -0.2) is 61.1 Å². The van der Waals surface area contributed by atoms with Gasteiger partial charge in [-0.15, -0.1) is 0 Å². The lowest BCUT2D eigenvalue weighted by atomic mass is 9.99. The minimum atomic E-state index is -0.222. The first-order chi connectivity index (χ1) is 15.0. The van der Waals surface area contributed by atoms with Crippen LogP contribution in [0, 0.1) is 0 Å². The summed E-state index contributed by atoms with van der Waals surface area (Å²) in [4.78, 5) is 28.9. The van der Waals surface area contributed by atoms with Gasteiger partial charge in [0, 0.05) is 44.0 Å². The number of carbonyl (C=O) groups excluding carboxylic acids is 2. The van der Waals surface area contributed by atoms with Gasteiger partial charge in [-0.2, -0.15) is 0 Å². The molecule has 0 radical (unpaired) electrons. The van der Waals surface area contributed by atoms with Crippen LogP contribution in [0.25, 0.3) is 0 Å². The molecule has 0 aromatic heterocycles. The molecule has 4 rings (SSSR count). The Morgan fingerprint density at radius 1 is 1.13 bits per heavy atom. The number of rotatable bonds is 7. The summed E-state index contributed by atoms with van der Waals surface area (Å²) in [5.41, 5.74) is 10.4. The highest BCUT2D eigenvalue weighted by atomic mass is 16.5. The summed E-state index contributed by atoms with van der Waals surface area (Å²) in [7, 11) is 0. The van der Waals surface area contributed by atoms with Crippen molar-refractivity contribution >= 4 is 17.6 Å². The minimum absolute atomic E-state index is 0.158. The quantitative estimate of drug-likeness (QED) is 0.525. The smallest absolute Gasteiger partial charge is 0.338 e. The van der Waals surface area contributed by atoms with Crippen molar-refractivity contribution in [2.45, 2.75) is 25.9 Å². The molecule has 31 heavy (non-hydrogen) atoms. The number of nitrogens with zero attached hydrogens (tertiary/aromatic N) is 2. The first-order valence-electron chi connectivity index (χ1n) is 10.9. The SMILES string of the molecule is C[C@H](C(=O)N1CCN(CCc2ccc3c(c2)COC3=O)CC1)c1ccc(NCN)cc1. The number of hydrogen-bond acceptors (Lipinski definition) is 6. The lowest BCUT2D eigenvalue weighted by Crippen LogP contribution is -2.50. The fourth-order valence-electron chi connectivity index (χ4n) is 4.25. The molecular formula is C24H30N4O3. The van der Waals surface area contributed by atoms with Crippen LogP contribution in [0.4, 0.5) is 5.69 Å². The Balaban J connectivity index is 1.25. The molecule has 0 saturated carbocycles. The first kappa shape index (κ1) is 21.3. The number of hydrogen-bond donors (Lipinski definition) is 2. The van der Waals surface area contributed by atoms with Gasteiger partial charge < -0.3 is 20.7 Å². The molecule has 0 unspecified atom stereocenters. The second-order valence-corrected chi connectivity index (χ2v) is 8.21. The molecule has 7 nitrogen and oxygen atoms in total. The second-order valence-electron chi connectivity index (χ2n) is 8.21. The van der Waals surface area contributed by atoms with E-state index >= 15 is 0 Å². The Hall–Kier alpha value is -2.90. The predicted molar refractivity (Wildman–Crippen MR) is 120 cm³/mol. The molecule has 1 fully saturated rings. The van der Waals surface area contributed by atoms with Gasteiger partial charge in [-0.3, -0.25) is 9.69 Å². The molecule has 1 atom stereocenters. The zero-order valence-electron chi connectivity index (χ0n) is 18.0. The van der Waals surface area contributed by atoms with E-state index in [1.54, 1.807) is 0 Å². The summed E-state index contributed by atoms with van der Waals surface area (Å²) in [6.07, 6.45) is 0.926. The average Bonchev–Trinajstić information content (AvgIpc) is 3.18. The molecule has 2 aromatic rings. The predicted octanol–water partition coefficient (Wildman–Crippen LogP) is 2.18. The summed E-state index contributed by atoms with van der Waals surface area (Å²) >= 11 is 0. The molecule has 1 saturated heterocycles. The van der Waals surface area contributed by atoms with Crippen molar-refractivity contribution in [3.63, 3.8) is 0 Å². The fraction of sp³-hybridized carbons (Fsp3) is 0.417. The van der Waals surface area contributed by atoms with E-state index in [0.717, 1.165) is 56.0 Å². The molecule has 0 bridgehead atoms. The van der Waals surface area contributed by atoms with Crippen molar-refractivity contribution in [3.8, 4) is 0 Å². The fourth-order valence-corrected chi connectivity index (χ4v) is 4.25. The second kappa shape index (κ2) is 9.49. The monoisotopic (exact) mass is 422 g/mol. The van der Waals surface area contributed by atoms with E-state index in [2.05, 4.69) is 16.3 Å². The van der Waals surface area contributed by atoms with Gasteiger partial charge in [-0.05, 0) is 42.7 Å². The first-order valence-corrected chi connectivity index (χ1v) is 10.9. The Morgan fingerprint density at radius 3 is 2.58 bits per heavy atom. The minimum Gasteiger partial charge on any atom is -0.457 e. The largest absolute Gasteiger partial charge is 0.457 e. The topological polar surface area (TPSA) is 87.9 Å². The van der Waals surface area contributed by atoms with Crippen molar-refractivity contribution in [2.75, 3.05) is 44.7 Å². The van der Waals surface area contributed by atoms with Gasteiger partial charge >= 0.3 is 5.97 Å². The van der Waals surface area contributed by atoms with Gasteiger partial charge in [0.05, 0.1) is 18.2 Å². The number of esters is 1. The third-order valence-corrected chi connectivity index (χ3v) is 6.24. The molecule has 1 amide bonds. The van der Waals surface area contributed by atoms with E-state index < -0.39 is 0 Å². The van der Waals surface area contributed by atoms with Crippen LogP contribution in [0.1, 0.15) is 39.9 Å². The highest BCUT2D eigenvalue weighted by Crippen LogP contribution is 2.23. The highest BCUT2D eigenvalue weighted by Gasteiger charge is 2.26. The standard InChI is InChI=1S/C24H30N4O3/c1-17(19-3-5-21(6-4-19)26-16-25)23(29)28-12-10-27(11-13-28)9-8-18-2-7-22-20(14-18)15-31-24(22)30/h2-7,14,17,26H,8-13,15-16,25H2,1H3/t17-/m0/s1. The number of nitrogens with one attached hydrogen (secondary N) is 1. The van der Waals surface area contributed by atoms with Gasteiger partial charge in [0.15, 0.2) is 0 Å². The Bertz CT molecular complexity index is 936. The maximum Gasteiger partial charge on any atom is 0.338 e. The van der Waals surface area contributed by atoms with Crippen LogP contribution in [0.2, 0.25) is 0 Å². The van der Waals surface area contributed by atoms with E-state index in [9.17, 15) is 9.59 Å². The zero-order chi connectivity index (χ0) is 21.8. The van der Waals surface area contributed by atoms with Gasteiger partial charge in [-0.25, -0.2) is 4.79 Å². The molecule has 164 valence electrons. The highest BCUT2D eigenvalue weighted by molar-refractivity contribution is 5.93. The van der Waals surface area contributed by atoms with Gasteiger partial charge in [-0.1, -0.05) is 24.3 Å². The van der Waals surface area contributed by atoms with Crippen molar-refractivity contribution < 1.29 is 14.3 Å². The lowest BCUT2D eigenvalue weighted by Gasteiger charge is -2.36. The summed E-state index contributed by atoms with van der Waals surface area (Å²) in [6.45, 7) is 6.95. The number of amides is 1. The maximum absolute atomic E-state index is 13.0. The van der Waals surface area contributed by atoms with Crippen LogP contribution >= 0.6 is 0 Å². The average molecular weight is 423 g/mol. The molecular weight excluding hydrogens is 392 g/mol. The number of nitrogens with two attached hydrogens (primary N) is 1. The lowest BCUT2D eigenvalue weighted by molar-refractivity contribution is -0.134. The number of benzene rings is 2. The molecule has 3 N–H and O–H groups in total. The normalized spacial score (nSPS) is 17.2. The van der Waals surface area contributed by atoms with E-state index in [0.29, 0.717) is 18.8 Å². The van der Waals surface area contributed by atoms with Crippen molar-refractivity contribution in [2.24, 2.45) is 5.73 Å². The van der Waals surface area contributed by atoms with Crippen LogP contribution in [0.3, 0.4) is 0 Å². The summed E-state index contributed by atoms with van der Waals surface area (Å²) in [5.74, 6) is -0.197. The third-order valence-electron chi connectivity index (χ3n) is 6.24. The van der Waals surface area contributed by atoms with E-state index in [-0.39, 0.29) is 17.8 Å². The Morgan fingerprint density at radius 2 is 1.87 bits per heavy atom. The van der Waals surface area contributed by atoms with E-state index in [4.69, 9.17) is 10.5 Å². The van der Waals surface area contributed by atoms with E-state index in [1.165, 1.54) is 5.56 Å². The Labute approximate surface area is 183 Å². The van der Waals surface area contributed by atoms with Crippen molar-refractivity contribution in [3.05, 3.63) is 64.7 Å². The number of fused-ring (bicyclic) bond motifs is 1.